The standard InChI is InChI=1S/C9H12BrNO2/c1-4-6(3)8(9(12)13)11-7(10)5-2/h5H,2,4H2,1,3H3,(H,12,13)/b8-6+,11-7?. The van der Waals surface area contributed by atoms with E-state index >= 15 is 0 Å². The molecule has 0 aromatic rings. The van der Waals surface area contributed by atoms with Crippen molar-refractivity contribution in [3.63, 3.8) is 0 Å². The smallest absolute Gasteiger partial charge is 0.354 e. The summed E-state index contributed by atoms with van der Waals surface area (Å²) in [5, 5.41) is 8.80. The maximum absolute atomic E-state index is 10.7. The van der Waals surface area contributed by atoms with Gasteiger partial charge in [-0.05, 0) is 40.9 Å². The molecule has 4 heteroatoms. The van der Waals surface area contributed by atoms with Gasteiger partial charge in [-0.2, -0.15) is 0 Å². The number of hydrogen-bond donors (Lipinski definition) is 1. The molecule has 0 unspecified atom stereocenters. The highest BCUT2D eigenvalue weighted by atomic mass is 79.9. The Morgan fingerprint density at radius 1 is 1.69 bits per heavy atom. The van der Waals surface area contributed by atoms with Crippen molar-refractivity contribution < 1.29 is 9.90 Å². The number of aliphatic carboxylic acids is 1. The molecule has 13 heavy (non-hydrogen) atoms. The third kappa shape index (κ3) is 4.03. The van der Waals surface area contributed by atoms with Crippen molar-refractivity contribution in [2.75, 3.05) is 0 Å². The molecule has 0 radical (unpaired) electrons. The molecule has 0 fully saturated rings. The van der Waals surface area contributed by atoms with E-state index in [9.17, 15) is 4.79 Å². The number of carboxylic acid groups (broad SMARTS) is 1. The maximum Gasteiger partial charge on any atom is 0.354 e. The van der Waals surface area contributed by atoms with E-state index in [1.165, 1.54) is 6.08 Å². The number of rotatable bonds is 4. The number of aliphatic imine (C=N–C) groups is 1. The fourth-order valence-electron chi connectivity index (χ4n) is 0.646. The van der Waals surface area contributed by atoms with Crippen LogP contribution >= 0.6 is 15.9 Å². The molecule has 0 saturated heterocycles. The van der Waals surface area contributed by atoms with Crippen molar-refractivity contribution in [1.82, 2.24) is 0 Å². The minimum Gasteiger partial charge on any atom is -0.477 e. The molecule has 3 nitrogen and oxygen atoms in total. The van der Waals surface area contributed by atoms with Crippen LogP contribution in [0.5, 0.6) is 0 Å². The van der Waals surface area contributed by atoms with Crippen molar-refractivity contribution in [3.05, 3.63) is 23.9 Å². The summed E-state index contributed by atoms with van der Waals surface area (Å²) in [6.07, 6.45) is 2.12. The molecular weight excluding hydrogens is 234 g/mol. The zero-order chi connectivity index (χ0) is 10.4. The lowest BCUT2D eigenvalue weighted by Crippen LogP contribution is -2.02. The molecule has 0 aliphatic heterocycles. The van der Waals surface area contributed by atoms with Crippen LogP contribution < -0.4 is 0 Å². The predicted octanol–water partition coefficient (Wildman–Crippen LogP) is 2.73. The third-order valence-corrected chi connectivity index (χ3v) is 2.03. The van der Waals surface area contributed by atoms with Crippen LogP contribution in [0, 0.1) is 0 Å². The first-order chi connectivity index (χ1) is 6.02. The van der Waals surface area contributed by atoms with Gasteiger partial charge in [0.1, 0.15) is 10.3 Å². The summed E-state index contributed by atoms with van der Waals surface area (Å²) in [6.45, 7) is 7.10. The molecule has 0 saturated carbocycles. The minimum atomic E-state index is -1.02. The molecule has 0 spiro atoms. The van der Waals surface area contributed by atoms with E-state index in [2.05, 4.69) is 27.5 Å². The Balaban J connectivity index is 5.06. The van der Waals surface area contributed by atoms with Crippen LogP contribution in [0.25, 0.3) is 0 Å². The van der Waals surface area contributed by atoms with E-state index in [4.69, 9.17) is 5.11 Å². The lowest BCUT2D eigenvalue weighted by molar-refractivity contribution is -0.132. The molecular formula is C9H12BrNO2. The number of nitrogens with zero attached hydrogens (tertiary/aromatic N) is 1. The van der Waals surface area contributed by atoms with E-state index in [1.54, 1.807) is 6.92 Å². The Bertz CT molecular complexity index is 279. The van der Waals surface area contributed by atoms with Crippen LogP contribution in [-0.2, 0) is 4.79 Å². The molecule has 0 heterocycles. The molecule has 72 valence electrons. The van der Waals surface area contributed by atoms with Crippen molar-refractivity contribution >= 4 is 26.5 Å². The molecule has 0 aliphatic rings. The molecule has 0 aromatic heterocycles. The van der Waals surface area contributed by atoms with Gasteiger partial charge < -0.3 is 5.11 Å². The minimum absolute atomic E-state index is 0.0780. The largest absolute Gasteiger partial charge is 0.477 e. The van der Waals surface area contributed by atoms with Gasteiger partial charge in [-0.3, -0.25) is 0 Å². The van der Waals surface area contributed by atoms with Gasteiger partial charge in [-0.15, -0.1) is 0 Å². The van der Waals surface area contributed by atoms with Gasteiger partial charge in [0.25, 0.3) is 0 Å². The van der Waals surface area contributed by atoms with Crippen LogP contribution in [0.15, 0.2) is 28.9 Å². The Morgan fingerprint density at radius 2 is 2.23 bits per heavy atom. The first-order valence-corrected chi connectivity index (χ1v) is 4.61. The summed E-state index contributed by atoms with van der Waals surface area (Å²) in [5.41, 5.74) is 0.820. The maximum atomic E-state index is 10.7. The lowest BCUT2D eigenvalue weighted by Gasteiger charge is -2.00. The molecule has 0 rings (SSSR count). The van der Waals surface area contributed by atoms with E-state index < -0.39 is 5.97 Å². The Labute approximate surface area is 86.0 Å². The summed E-state index contributed by atoms with van der Waals surface area (Å²) in [5.74, 6) is -1.02. The van der Waals surface area contributed by atoms with E-state index in [1.807, 2.05) is 6.92 Å². The second-order valence-electron chi connectivity index (χ2n) is 2.43. The van der Waals surface area contributed by atoms with Gasteiger partial charge in [-0.25, -0.2) is 9.79 Å². The van der Waals surface area contributed by atoms with Crippen molar-refractivity contribution in [3.8, 4) is 0 Å². The van der Waals surface area contributed by atoms with Crippen LogP contribution in [0.3, 0.4) is 0 Å². The number of carboxylic acids is 1. The highest BCUT2D eigenvalue weighted by molar-refractivity contribution is 9.18. The third-order valence-electron chi connectivity index (χ3n) is 1.52. The zero-order valence-corrected chi connectivity index (χ0v) is 9.26. The lowest BCUT2D eigenvalue weighted by atomic mass is 10.2. The summed E-state index contributed by atoms with van der Waals surface area (Å²) in [6, 6.07) is 0. The quantitative estimate of drug-likeness (QED) is 0.612. The molecule has 0 amide bonds. The van der Waals surface area contributed by atoms with E-state index in [-0.39, 0.29) is 5.70 Å². The monoisotopic (exact) mass is 245 g/mol. The molecule has 0 atom stereocenters. The first-order valence-electron chi connectivity index (χ1n) is 3.82. The first kappa shape index (κ1) is 12.1. The van der Waals surface area contributed by atoms with Gasteiger partial charge in [0.15, 0.2) is 0 Å². The summed E-state index contributed by atoms with van der Waals surface area (Å²) in [4.78, 5) is 14.6. The van der Waals surface area contributed by atoms with Crippen molar-refractivity contribution in [2.24, 2.45) is 4.99 Å². The Morgan fingerprint density at radius 3 is 2.54 bits per heavy atom. The van der Waals surface area contributed by atoms with E-state index in [0.717, 1.165) is 5.57 Å². The predicted molar refractivity (Wildman–Crippen MR) is 57.2 cm³/mol. The van der Waals surface area contributed by atoms with Gasteiger partial charge >= 0.3 is 5.97 Å². The number of carbonyl (C=O) groups is 1. The van der Waals surface area contributed by atoms with Crippen LogP contribution in [0.1, 0.15) is 20.3 Å². The summed E-state index contributed by atoms with van der Waals surface area (Å²) < 4.78 is 0.428. The second-order valence-corrected chi connectivity index (χ2v) is 3.24. The van der Waals surface area contributed by atoms with Crippen LogP contribution in [0.4, 0.5) is 0 Å². The van der Waals surface area contributed by atoms with Gasteiger partial charge in [0.05, 0.1) is 0 Å². The Hall–Kier alpha value is -0.900. The number of halogens is 1. The van der Waals surface area contributed by atoms with Gasteiger partial charge in [0, 0.05) is 0 Å². The normalized spacial score (nSPS) is 13.6. The van der Waals surface area contributed by atoms with Gasteiger partial charge in [-0.1, -0.05) is 13.5 Å². The van der Waals surface area contributed by atoms with E-state index in [0.29, 0.717) is 11.0 Å². The van der Waals surface area contributed by atoms with Crippen LogP contribution in [0.2, 0.25) is 0 Å². The summed E-state index contributed by atoms with van der Waals surface area (Å²) >= 11 is 3.08. The fraction of sp³-hybridized carbons (Fsp3) is 0.333. The van der Waals surface area contributed by atoms with Crippen LogP contribution in [-0.4, -0.2) is 15.7 Å². The fourth-order valence-corrected chi connectivity index (χ4v) is 0.823. The molecule has 0 aliphatic carbocycles. The zero-order valence-electron chi connectivity index (χ0n) is 7.67. The molecule has 0 aromatic carbocycles. The molecule has 1 N–H and O–H groups in total. The second kappa shape index (κ2) is 5.70. The molecule has 0 bridgehead atoms. The SMILES string of the molecule is C=CC(Br)=N/C(C(=O)O)=C(\C)CC. The highest BCUT2D eigenvalue weighted by Gasteiger charge is 2.09. The Kier molecular flexibility index (Phi) is 5.30. The van der Waals surface area contributed by atoms with Crippen molar-refractivity contribution in [1.29, 1.82) is 0 Å². The average Bonchev–Trinajstić information content (AvgIpc) is 2.11. The number of hydrogen-bond acceptors (Lipinski definition) is 2. The van der Waals surface area contributed by atoms with Gasteiger partial charge in [0.2, 0.25) is 0 Å². The highest BCUT2D eigenvalue weighted by Crippen LogP contribution is 2.11. The topological polar surface area (TPSA) is 49.7 Å². The number of allylic oxidation sites excluding steroid dienone is 2. The summed E-state index contributed by atoms with van der Waals surface area (Å²) in [7, 11) is 0. The average molecular weight is 246 g/mol. The van der Waals surface area contributed by atoms with Crippen molar-refractivity contribution in [2.45, 2.75) is 20.3 Å².